The fourth-order valence-electron chi connectivity index (χ4n) is 1.96. The highest BCUT2D eigenvalue weighted by Gasteiger charge is 2.15. The van der Waals surface area contributed by atoms with E-state index in [-0.39, 0.29) is 11.6 Å². The van der Waals surface area contributed by atoms with Crippen LogP contribution in [0.4, 0.5) is 8.78 Å². The molecule has 0 bridgehead atoms. The molecule has 0 saturated heterocycles. The smallest absolute Gasteiger partial charge is 0.258 e. The van der Waals surface area contributed by atoms with E-state index in [0.717, 1.165) is 12.1 Å². The van der Waals surface area contributed by atoms with Crippen molar-refractivity contribution in [2.45, 2.75) is 0 Å². The lowest BCUT2D eigenvalue weighted by Gasteiger charge is -2.11. The summed E-state index contributed by atoms with van der Waals surface area (Å²) in [6.07, 6.45) is 1.45. The second-order valence-electron chi connectivity index (χ2n) is 4.40. The Balaban J connectivity index is 2.12. The first-order valence-electron chi connectivity index (χ1n) is 6.50. The maximum atomic E-state index is 13.7. The lowest BCUT2D eigenvalue weighted by Crippen LogP contribution is -1.98. The number of hydrogen-bond acceptors (Lipinski definition) is 6. The quantitative estimate of drug-likeness (QED) is 0.688. The molecular weight excluding hydrogens is 308 g/mol. The molecule has 118 valence electrons. The number of nitrogens with zero attached hydrogens (tertiary/aromatic N) is 3. The first kappa shape index (κ1) is 14.9. The van der Waals surface area contributed by atoms with Crippen LogP contribution in [0.5, 0.6) is 23.3 Å². The first-order chi connectivity index (χ1) is 11.1. The number of methoxy groups -OCH3 is 2. The summed E-state index contributed by atoms with van der Waals surface area (Å²) in [5.41, 5.74) is 0.743. The van der Waals surface area contributed by atoms with Crippen molar-refractivity contribution in [1.82, 2.24) is 15.0 Å². The van der Waals surface area contributed by atoms with Crippen LogP contribution in [-0.4, -0.2) is 29.2 Å². The Hall–Kier alpha value is -3.03. The summed E-state index contributed by atoms with van der Waals surface area (Å²) < 4.78 is 42.5. The Labute approximate surface area is 129 Å². The van der Waals surface area contributed by atoms with Gasteiger partial charge in [0.15, 0.2) is 17.3 Å². The van der Waals surface area contributed by atoms with E-state index in [1.54, 1.807) is 6.07 Å². The maximum absolute atomic E-state index is 13.7. The molecule has 0 aromatic carbocycles. The van der Waals surface area contributed by atoms with E-state index in [1.807, 2.05) is 0 Å². The van der Waals surface area contributed by atoms with Crippen molar-refractivity contribution in [1.29, 1.82) is 0 Å². The van der Waals surface area contributed by atoms with Gasteiger partial charge in [-0.2, -0.15) is 9.37 Å². The van der Waals surface area contributed by atoms with Crippen molar-refractivity contribution in [2.24, 2.45) is 0 Å². The zero-order valence-electron chi connectivity index (χ0n) is 12.2. The highest BCUT2D eigenvalue weighted by molar-refractivity contribution is 5.83. The number of halogens is 2. The highest BCUT2D eigenvalue weighted by atomic mass is 19.1. The highest BCUT2D eigenvalue weighted by Crippen LogP contribution is 2.33. The van der Waals surface area contributed by atoms with Gasteiger partial charge in [-0.3, -0.25) is 4.98 Å². The minimum atomic E-state index is -0.855. The first-order valence-corrected chi connectivity index (χ1v) is 6.50. The molecule has 0 saturated carbocycles. The number of rotatable bonds is 4. The van der Waals surface area contributed by atoms with E-state index in [0.29, 0.717) is 16.8 Å². The number of aromatic nitrogens is 3. The van der Waals surface area contributed by atoms with Crippen LogP contribution in [0.1, 0.15) is 0 Å². The molecule has 6 nitrogen and oxygen atoms in total. The molecule has 0 N–H and O–H groups in total. The van der Waals surface area contributed by atoms with Gasteiger partial charge < -0.3 is 14.2 Å². The summed E-state index contributed by atoms with van der Waals surface area (Å²) in [6.45, 7) is 0. The van der Waals surface area contributed by atoms with Crippen molar-refractivity contribution in [3.05, 3.63) is 42.2 Å². The van der Waals surface area contributed by atoms with E-state index in [2.05, 4.69) is 15.0 Å². The molecule has 0 aliphatic carbocycles. The topological polar surface area (TPSA) is 66.4 Å². The molecule has 23 heavy (non-hydrogen) atoms. The van der Waals surface area contributed by atoms with Crippen molar-refractivity contribution < 1.29 is 23.0 Å². The zero-order chi connectivity index (χ0) is 16.4. The Morgan fingerprint density at radius 1 is 0.913 bits per heavy atom. The Bertz CT molecular complexity index is 874. The van der Waals surface area contributed by atoms with Crippen LogP contribution in [-0.2, 0) is 0 Å². The van der Waals surface area contributed by atoms with Gasteiger partial charge in [0.2, 0.25) is 5.95 Å². The second kappa shape index (κ2) is 5.99. The van der Waals surface area contributed by atoms with Crippen LogP contribution in [0.25, 0.3) is 11.0 Å². The van der Waals surface area contributed by atoms with Gasteiger partial charge >= 0.3 is 0 Å². The summed E-state index contributed by atoms with van der Waals surface area (Å²) in [6, 6.07) is 4.90. The fourth-order valence-corrected chi connectivity index (χ4v) is 1.96. The molecule has 0 unspecified atom stereocenters. The molecule has 3 rings (SSSR count). The summed E-state index contributed by atoms with van der Waals surface area (Å²) in [5.74, 6) is -1.38. The Morgan fingerprint density at radius 3 is 2.48 bits per heavy atom. The van der Waals surface area contributed by atoms with Gasteiger partial charge in [-0.05, 0) is 12.1 Å². The van der Waals surface area contributed by atoms with E-state index in [9.17, 15) is 8.78 Å². The monoisotopic (exact) mass is 319 g/mol. The van der Waals surface area contributed by atoms with Gasteiger partial charge in [-0.15, -0.1) is 0 Å². The van der Waals surface area contributed by atoms with Crippen LogP contribution in [0.2, 0.25) is 0 Å². The molecule has 0 aliphatic rings. The lowest BCUT2D eigenvalue weighted by molar-refractivity contribution is 0.344. The standard InChI is InChI=1S/C15H11F2N3O3/c1-21-11-7-9-13(20-15(11)22-2)10(5-6-18-9)23-14-8(16)3-4-12(17)19-14/h3-7H,1-2H3. The van der Waals surface area contributed by atoms with Crippen LogP contribution < -0.4 is 14.2 Å². The molecule has 0 spiro atoms. The van der Waals surface area contributed by atoms with Gasteiger partial charge in [0, 0.05) is 18.3 Å². The normalized spacial score (nSPS) is 10.6. The largest absolute Gasteiger partial charge is 0.491 e. The molecule has 3 aromatic heterocycles. The third-order valence-electron chi connectivity index (χ3n) is 3.01. The van der Waals surface area contributed by atoms with E-state index in [1.165, 1.54) is 26.5 Å². The zero-order valence-corrected chi connectivity index (χ0v) is 12.2. The van der Waals surface area contributed by atoms with E-state index < -0.39 is 17.6 Å². The van der Waals surface area contributed by atoms with Gasteiger partial charge in [0.25, 0.3) is 11.8 Å². The molecule has 0 atom stereocenters. The second-order valence-corrected chi connectivity index (χ2v) is 4.40. The molecule has 0 radical (unpaired) electrons. The maximum Gasteiger partial charge on any atom is 0.258 e. The molecule has 0 amide bonds. The summed E-state index contributed by atoms with van der Waals surface area (Å²) in [5, 5.41) is 0. The van der Waals surface area contributed by atoms with E-state index >= 15 is 0 Å². The molecular formula is C15H11F2N3O3. The average molecular weight is 319 g/mol. The Morgan fingerprint density at radius 2 is 1.74 bits per heavy atom. The molecule has 3 aromatic rings. The molecule has 8 heteroatoms. The lowest BCUT2D eigenvalue weighted by atomic mass is 10.3. The number of pyridine rings is 3. The number of fused-ring (bicyclic) bond motifs is 1. The summed E-state index contributed by atoms with van der Waals surface area (Å²) in [7, 11) is 2.90. The molecule has 3 heterocycles. The minimum Gasteiger partial charge on any atom is -0.491 e. The van der Waals surface area contributed by atoms with E-state index in [4.69, 9.17) is 14.2 Å². The third kappa shape index (κ3) is 2.83. The minimum absolute atomic E-state index is 0.160. The molecule has 0 fully saturated rings. The van der Waals surface area contributed by atoms with Crippen LogP contribution in [0, 0.1) is 11.8 Å². The van der Waals surface area contributed by atoms with Crippen molar-refractivity contribution in [2.75, 3.05) is 14.2 Å². The number of ether oxygens (including phenoxy) is 3. The van der Waals surface area contributed by atoms with Crippen molar-refractivity contribution >= 4 is 11.0 Å². The predicted molar refractivity (Wildman–Crippen MR) is 76.9 cm³/mol. The van der Waals surface area contributed by atoms with Crippen molar-refractivity contribution in [3.63, 3.8) is 0 Å². The SMILES string of the molecule is COc1cc2nccc(Oc3nc(F)ccc3F)c2nc1OC. The van der Waals surface area contributed by atoms with Crippen LogP contribution >= 0.6 is 0 Å². The number of hydrogen-bond donors (Lipinski definition) is 0. The average Bonchev–Trinajstić information content (AvgIpc) is 2.57. The van der Waals surface area contributed by atoms with Crippen molar-refractivity contribution in [3.8, 4) is 23.3 Å². The Kier molecular flexibility index (Phi) is 3.88. The fraction of sp³-hybridized carbons (Fsp3) is 0.133. The summed E-state index contributed by atoms with van der Waals surface area (Å²) >= 11 is 0. The summed E-state index contributed by atoms with van der Waals surface area (Å²) in [4.78, 5) is 11.8. The molecule has 0 aliphatic heterocycles. The van der Waals surface area contributed by atoms with Gasteiger partial charge in [0.05, 0.1) is 19.7 Å². The van der Waals surface area contributed by atoms with Crippen LogP contribution in [0.15, 0.2) is 30.5 Å². The third-order valence-corrected chi connectivity index (χ3v) is 3.01. The van der Waals surface area contributed by atoms with Gasteiger partial charge in [-0.25, -0.2) is 9.37 Å². The van der Waals surface area contributed by atoms with Gasteiger partial charge in [-0.1, -0.05) is 0 Å². The van der Waals surface area contributed by atoms with Gasteiger partial charge in [0.1, 0.15) is 5.52 Å². The predicted octanol–water partition coefficient (Wildman–Crippen LogP) is 3.11. The van der Waals surface area contributed by atoms with Crippen LogP contribution in [0.3, 0.4) is 0 Å².